The van der Waals surface area contributed by atoms with Gasteiger partial charge in [0, 0.05) is 19.0 Å². The van der Waals surface area contributed by atoms with Crippen molar-refractivity contribution in [3.05, 3.63) is 18.0 Å². The van der Waals surface area contributed by atoms with Gasteiger partial charge in [0.25, 0.3) is 0 Å². The van der Waals surface area contributed by atoms with Gasteiger partial charge in [0.1, 0.15) is 6.61 Å². The highest BCUT2D eigenvalue weighted by Crippen LogP contribution is 2.19. The zero-order chi connectivity index (χ0) is 13.1. The number of nitrogens with one attached hydrogen (secondary N) is 1. The number of carbonyl (C=O) groups excluding carboxylic acids is 1. The second kappa shape index (κ2) is 5.14. The molecule has 2 aromatic rings. The normalized spacial score (nSPS) is 10.8. The molecule has 2 aromatic heterocycles. The van der Waals surface area contributed by atoms with Crippen molar-refractivity contribution in [3.8, 4) is 0 Å². The Morgan fingerprint density at radius 2 is 2.33 bits per heavy atom. The molecule has 0 spiro atoms. The highest BCUT2D eigenvalue weighted by atomic mass is 16.5. The lowest BCUT2D eigenvalue weighted by atomic mass is 10.2. The van der Waals surface area contributed by atoms with Crippen molar-refractivity contribution in [1.29, 1.82) is 0 Å². The fourth-order valence-corrected chi connectivity index (χ4v) is 1.77. The molecule has 0 radical (unpaired) electrons. The molecule has 0 atom stereocenters. The monoisotopic (exact) mass is 248 g/mol. The first kappa shape index (κ1) is 12.5. The van der Waals surface area contributed by atoms with Crippen molar-refractivity contribution < 1.29 is 9.53 Å². The van der Waals surface area contributed by atoms with Gasteiger partial charge in [0.2, 0.25) is 5.91 Å². The zero-order valence-electron chi connectivity index (χ0n) is 10.7. The lowest BCUT2D eigenvalue weighted by Gasteiger charge is -2.05. The van der Waals surface area contributed by atoms with E-state index in [0.717, 1.165) is 16.7 Å². The second-order valence-electron chi connectivity index (χ2n) is 3.99. The van der Waals surface area contributed by atoms with Gasteiger partial charge in [-0.15, -0.1) is 0 Å². The molecule has 6 heteroatoms. The number of pyridine rings is 1. The average Bonchev–Trinajstić information content (AvgIpc) is 2.62. The molecule has 1 amide bonds. The van der Waals surface area contributed by atoms with Crippen LogP contribution < -0.4 is 5.32 Å². The Balaban J connectivity index is 2.20. The molecule has 0 unspecified atom stereocenters. The third kappa shape index (κ3) is 2.48. The molecule has 0 aromatic carbocycles. The molecule has 0 saturated heterocycles. The van der Waals surface area contributed by atoms with Crippen LogP contribution in [0.25, 0.3) is 11.0 Å². The number of anilines is 1. The van der Waals surface area contributed by atoms with Gasteiger partial charge in [-0.1, -0.05) is 0 Å². The predicted molar refractivity (Wildman–Crippen MR) is 68.4 cm³/mol. The molecule has 0 fully saturated rings. The number of nitrogens with zero attached hydrogens (tertiary/aromatic N) is 3. The maximum atomic E-state index is 11.5. The molecule has 96 valence electrons. The summed E-state index contributed by atoms with van der Waals surface area (Å²) in [5, 5.41) is 7.96. The van der Waals surface area contributed by atoms with Gasteiger partial charge in [-0.25, -0.2) is 4.98 Å². The number of hydrogen-bond donors (Lipinski definition) is 1. The molecule has 18 heavy (non-hydrogen) atoms. The smallest absolute Gasteiger partial charge is 0.250 e. The van der Waals surface area contributed by atoms with E-state index in [4.69, 9.17) is 4.74 Å². The van der Waals surface area contributed by atoms with E-state index in [9.17, 15) is 4.79 Å². The van der Waals surface area contributed by atoms with E-state index in [0.29, 0.717) is 12.3 Å². The Labute approximate surface area is 105 Å². The first-order valence-electron chi connectivity index (χ1n) is 5.78. The summed E-state index contributed by atoms with van der Waals surface area (Å²) in [5.74, 6) is -0.181. The molecule has 1 N–H and O–H groups in total. The van der Waals surface area contributed by atoms with Crippen LogP contribution in [0.1, 0.15) is 12.6 Å². The van der Waals surface area contributed by atoms with E-state index in [1.165, 1.54) is 0 Å². The maximum absolute atomic E-state index is 11.5. The third-order valence-corrected chi connectivity index (χ3v) is 2.58. The fourth-order valence-electron chi connectivity index (χ4n) is 1.77. The Morgan fingerprint density at radius 1 is 1.56 bits per heavy atom. The topological polar surface area (TPSA) is 69.0 Å². The predicted octanol–water partition coefficient (Wildman–Crippen LogP) is 1.25. The van der Waals surface area contributed by atoms with Crippen molar-refractivity contribution in [2.75, 3.05) is 18.5 Å². The first-order valence-corrected chi connectivity index (χ1v) is 5.78. The van der Waals surface area contributed by atoms with Gasteiger partial charge >= 0.3 is 0 Å². The average molecular weight is 248 g/mol. The minimum Gasteiger partial charge on any atom is -0.372 e. The Hall–Kier alpha value is -1.95. The lowest BCUT2D eigenvalue weighted by Crippen LogP contribution is -2.18. The lowest BCUT2D eigenvalue weighted by molar-refractivity contribution is -0.120. The van der Waals surface area contributed by atoms with E-state index in [2.05, 4.69) is 15.4 Å². The van der Waals surface area contributed by atoms with Crippen LogP contribution in [0.15, 0.2) is 12.3 Å². The summed E-state index contributed by atoms with van der Waals surface area (Å²) >= 11 is 0. The molecule has 2 rings (SSSR count). The maximum Gasteiger partial charge on any atom is 0.250 e. The number of carbonyl (C=O) groups is 1. The summed E-state index contributed by atoms with van der Waals surface area (Å²) < 4.78 is 6.75. The molecule has 2 heterocycles. The quantitative estimate of drug-likeness (QED) is 0.884. The number of aromatic nitrogens is 3. The van der Waals surface area contributed by atoms with Crippen molar-refractivity contribution in [3.63, 3.8) is 0 Å². The van der Waals surface area contributed by atoms with Crippen molar-refractivity contribution in [2.24, 2.45) is 7.05 Å². The van der Waals surface area contributed by atoms with Gasteiger partial charge in [-0.05, 0) is 19.9 Å². The van der Waals surface area contributed by atoms with E-state index >= 15 is 0 Å². The first-order chi connectivity index (χ1) is 8.61. The van der Waals surface area contributed by atoms with Gasteiger partial charge in [-0.3, -0.25) is 9.48 Å². The molecule has 0 aliphatic heterocycles. The highest BCUT2D eigenvalue weighted by molar-refractivity contribution is 5.93. The number of hydrogen-bond acceptors (Lipinski definition) is 4. The number of amides is 1. The molecule has 0 aliphatic carbocycles. The molecular weight excluding hydrogens is 232 g/mol. The van der Waals surface area contributed by atoms with Crippen LogP contribution in [0.5, 0.6) is 0 Å². The van der Waals surface area contributed by atoms with E-state index in [1.54, 1.807) is 10.9 Å². The van der Waals surface area contributed by atoms with E-state index in [-0.39, 0.29) is 12.5 Å². The fraction of sp³-hybridized carbons (Fsp3) is 0.417. The van der Waals surface area contributed by atoms with Crippen molar-refractivity contribution in [2.45, 2.75) is 13.8 Å². The van der Waals surface area contributed by atoms with Crippen molar-refractivity contribution in [1.82, 2.24) is 14.8 Å². The largest absolute Gasteiger partial charge is 0.372 e. The number of fused-ring (bicyclic) bond motifs is 1. The van der Waals surface area contributed by atoms with E-state index < -0.39 is 0 Å². The minimum absolute atomic E-state index is 0.0561. The summed E-state index contributed by atoms with van der Waals surface area (Å²) in [6.45, 7) is 4.34. The van der Waals surface area contributed by atoms with Gasteiger partial charge in [0.05, 0.1) is 17.6 Å². The van der Waals surface area contributed by atoms with Crippen LogP contribution >= 0.6 is 0 Å². The Kier molecular flexibility index (Phi) is 3.57. The van der Waals surface area contributed by atoms with E-state index in [1.807, 2.05) is 27.0 Å². The Morgan fingerprint density at radius 3 is 3.06 bits per heavy atom. The van der Waals surface area contributed by atoms with Crippen LogP contribution in [-0.4, -0.2) is 33.9 Å². The molecular formula is C12H16N4O2. The van der Waals surface area contributed by atoms with Crippen LogP contribution in [0.4, 0.5) is 5.69 Å². The zero-order valence-corrected chi connectivity index (χ0v) is 10.7. The number of rotatable bonds is 4. The van der Waals surface area contributed by atoms with Gasteiger partial charge < -0.3 is 10.1 Å². The van der Waals surface area contributed by atoms with Gasteiger partial charge in [0.15, 0.2) is 5.65 Å². The van der Waals surface area contributed by atoms with Crippen LogP contribution in [0, 0.1) is 6.92 Å². The number of aryl methyl sites for hydroxylation is 2. The molecule has 6 nitrogen and oxygen atoms in total. The summed E-state index contributed by atoms with van der Waals surface area (Å²) in [6, 6.07) is 1.87. The summed E-state index contributed by atoms with van der Waals surface area (Å²) in [4.78, 5) is 15.8. The van der Waals surface area contributed by atoms with Crippen LogP contribution in [0.3, 0.4) is 0 Å². The molecule has 0 aliphatic rings. The SMILES string of the molecule is CCOCC(=O)Nc1cnc2c(c1)c(C)nn2C. The Bertz CT molecular complexity index is 577. The van der Waals surface area contributed by atoms with Crippen LogP contribution in [0.2, 0.25) is 0 Å². The minimum atomic E-state index is -0.181. The summed E-state index contributed by atoms with van der Waals surface area (Å²) in [6.07, 6.45) is 1.62. The summed E-state index contributed by atoms with van der Waals surface area (Å²) in [5.41, 5.74) is 2.35. The van der Waals surface area contributed by atoms with Crippen molar-refractivity contribution >= 4 is 22.6 Å². The van der Waals surface area contributed by atoms with Gasteiger partial charge in [-0.2, -0.15) is 5.10 Å². The molecule has 0 saturated carbocycles. The van der Waals surface area contributed by atoms with Crippen LogP contribution in [-0.2, 0) is 16.6 Å². The standard InChI is InChI=1S/C12H16N4O2/c1-4-18-7-11(17)14-9-5-10-8(2)15-16(3)12(10)13-6-9/h5-6H,4,7H2,1-3H3,(H,14,17). The second-order valence-corrected chi connectivity index (χ2v) is 3.99. The third-order valence-electron chi connectivity index (χ3n) is 2.58. The summed E-state index contributed by atoms with van der Waals surface area (Å²) in [7, 11) is 1.84. The highest BCUT2D eigenvalue weighted by Gasteiger charge is 2.08. The number of ether oxygens (including phenoxy) is 1. The molecule has 0 bridgehead atoms.